The highest BCUT2D eigenvalue weighted by Gasteiger charge is 2.30. The fourth-order valence-corrected chi connectivity index (χ4v) is 3.80. The fourth-order valence-electron chi connectivity index (χ4n) is 2.66. The first-order chi connectivity index (χ1) is 11.3. The lowest BCUT2D eigenvalue weighted by atomic mass is 9.97. The second kappa shape index (κ2) is 7.76. The molecule has 1 aliphatic heterocycles. The first kappa shape index (κ1) is 18.4. The number of nitrogens with one attached hydrogen (secondary N) is 2. The number of hydrogen-bond donors (Lipinski definition) is 2. The molecule has 0 spiro atoms. The minimum atomic E-state index is -3.18. The van der Waals surface area contributed by atoms with E-state index in [9.17, 15) is 18.0 Å². The minimum absolute atomic E-state index is 0.0878. The second-order valence-corrected chi connectivity index (χ2v) is 8.08. The van der Waals surface area contributed by atoms with Crippen LogP contribution < -0.4 is 10.6 Å². The van der Waals surface area contributed by atoms with Crippen molar-refractivity contribution < 1.29 is 18.0 Å². The summed E-state index contributed by atoms with van der Waals surface area (Å²) in [6.07, 6.45) is 1.05. The minimum Gasteiger partial charge on any atom is -0.326 e. The lowest BCUT2D eigenvalue weighted by Gasteiger charge is -2.30. The van der Waals surface area contributed by atoms with Gasteiger partial charge in [-0.25, -0.2) is 12.7 Å². The maximum Gasteiger partial charge on any atom is 0.227 e. The maximum absolute atomic E-state index is 12.3. The summed E-state index contributed by atoms with van der Waals surface area (Å²) < 4.78 is 25.1. The van der Waals surface area contributed by atoms with Crippen LogP contribution >= 0.6 is 0 Å². The molecule has 1 fully saturated rings. The summed E-state index contributed by atoms with van der Waals surface area (Å²) in [6.45, 7) is 3.82. The molecule has 1 saturated heterocycles. The van der Waals surface area contributed by atoms with Crippen LogP contribution in [0.2, 0.25) is 0 Å². The Morgan fingerprint density at radius 2 is 1.58 bits per heavy atom. The van der Waals surface area contributed by atoms with Gasteiger partial charge in [0.25, 0.3) is 0 Å². The average molecular weight is 353 g/mol. The lowest BCUT2D eigenvalue weighted by Crippen LogP contribution is -2.42. The first-order valence-electron chi connectivity index (χ1n) is 7.98. The van der Waals surface area contributed by atoms with Gasteiger partial charge in [0.1, 0.15) is 0 Å². The maximum atomic E-state index is 12.3. The second-order valence-electron chi connectivity index (χ2n) is 5.82. The number of benzene rings is 1. The number of nitrogens with zero attached hydrogens (tertiary/aromatic N) is 1. The van der Waals surface area contributed by atoms with E-state index in [2.05, 4.69) is 10.6 Å². The number of carbonyl (C=O) groups is 2. The van der Waals surface area contributed by atoms with Gasteiger partial charge in [-0.1, -0.05) is 0 Å². The molecular formula is C16H23N3O4S. The molecule has 1 aromatic carbocycles. The number of rotatable bonds is 5. The summed E-state index contributed by atoms with van der Waals surface area (Å²) in [4.78, 5) is 23.3. The predicted octanol–water partition coefficient (Wildman–Crippen LogP) is 1.65. The Labute approximate surface area is 142 Å². The van der Waals surface area contributed by atoms with Crippen LogP contribution in [0.5, 0.6) is 0 Å². The molecule has 7 nitrogen and oxygen atoms in total. The third-order valence-corrected chi connectivity index (χ3v) is 5.94. The largest absolute Gasteiger partial charge is 0.326 e. The summed E-state index contributed by atoms with van der Waals surface area (Å²) >= 11 is 0. The molecule has 2 rings (SSSR count). The molecule has 8 heteroatoms. The Hall–Kier alpha value is -1.93. The molecule has 132 valence electrons. The summed E-state index contributed by atoms with van der Waals surface area (Å²) in [5, 5.41) is 5.50. The molecule has 2 N–H and O–H groups in total. The van der Waals surface area contributed by atoms with Crippen molar-refractivity contribution in [3.05, 3.63) is 24.3 Å². The van der Waals surface area contributed by atoms with Crippen molar-refractivity contribution in [3.8, 4) is 0 Å². The summed E-state index contributed by atoms with van der Waals surface area (Å²) in [5.41, 5.74) is 1.32. The van der Waals surface area contributed by atoms with Gasteiger partial charge in [0.2, 0.25) is 21.8 Å². The van der Waals surface area contributed by atoms with Gasteiger partial charge in [-0.05, 0) is 44.0 Å². The van der Waals surface area contributed by atoms with Gasteiger partial charge in [-0.15, -0.1) is 0 Å². The van der Waals surface area contributed by atoms with E-state index in [1.807, 2.05) is 0 Å². The molecule has 0 aliphatic carbocycles. The zero-order valence-corrected chi connectivity index (χ0v) is 14.7. The van der Waals surface area contributed by atoms with E-state index in [1.54, 1.807) is 31.2 Å². The van der Waals surface area contributed by atoms with E-state index in [0.717, 1.165) is 0 Å². The van der Waals surface area contributed by atoms with Crippen molar-refractivity contribution in [2.75, 3.05) is 29.5 Å². The van der Waals surface area contributed by atoms with E-state index >= 15 is 0 Å². The van der Waals surface area contributed by atoms with Crippen LogP contribution in [0.3, 0.4) is 0 Å². The molecule has 2 amide bonds. The molecule has 0 aromatic heterocycles. The topological polar surface area (TPSA) is 95.6 Å². The predicted molar refractivity (Wildman–Crippen MR) is 93.1 cm³/mol. The molecule has 0 radical (unpaired) electrons. The normalized spacial score (nSPS) is 16.6. The molecule has 1 aliphatic rings. The van der Waals surface area contributed by atoms with Gasteiger partial charge in [-0.3, -0.25) is 9.59 Å². The Kier molecular flexibility index (Phi) is 5.95. The zero-order valence-electron chi connectivity index (χ0n) is 13.9. The van der Waals surface area contributed by atoms with Crippen LogP contribution in [0.15, 0.2) is 24.3 Å². The van der Waals surface area contributed by atoms with Crippen LogP contribution in [0, 0.1) is 5.92 Å². The number of anilines is 2. The van der Waals surface area contributed by atoms with Crippen LogP contribution in [0.1, 0.15) is 26.7 Å². The average Bonchev–Trinajstić information content (AvgIpc) is 2.56. The van der Waals surface area contributed by atoms with Gasteiger partial charge < -0.3 is 10.6 Å². The van der Waals surface area contributed by atoms with Crippen molar-refractivity contribution >= 4 is 33.2 Å². The van der Waals surface area contributed by atoms with Gasteiger partial charge in [-0.2, -0.15) is 0 Å². The van der Waals surface area contributed by atoms with Crippen LogP contribution in [-0.2, 0) is 19.6 Å². The highest BCUT2D eigenvalue weighted by atomic mass is 32.2. The number of amides is 2. The van der Waals surface area contributed by atoms with E-state index in [0.29, 0.717) is 37.3 Å². The Morgan fingerprint density at radius 3 is 2.04 bits per heavy atom. The van der Waals surface area contributed by atoms with E-state index in [1.165, 1.54) is 11.2 Å². The van der Waals surface area contributed by atoms with Gasteiger partial charge in [0.15, 0.2) is 0 Å². The van der Waals surface area contributed by atoms with E-state index in [-0.39, 0.29) is 23.5 Å². The summed E-state index contributed by atoms with van der Waals surface area (Å²) in [7, 11) is -3.18. The SMILES string of the molecule is CCS(=O)(=O)N1CCC(C(=O)Nc2ccc(NC(C)=O)cc2)CC1. The Balaban J connectivity index is 1.88. The van der Waals surface area contributed by atoms with Crippen molar-refractivity contribution in [3.63, 3.8) is 0 Å². The standard InChI is InChI=1S/C16H23N3O4S/c1-3-24(22,23)19-10-8-13(9-11-19)16(21)18-15-6-4-14(5-7-15)17-12(2)20/h4-7,13H,3,8-11H2,1-2H3,(H,17,20)(H,18,21). The summed E-state index contributed by atoms with van der Waals surface area (Å²) in [5.74, 6) is -0.357. The van der Waals surface area contributed by atoms with Crippen molar-refractivity contribution in [1.82, 2.24) is 4.31 Å². The quantitative estimate of drug-likeness (QED) is 0.841. The summed E-state index contributed by atoms with van der Waals surface area (Å²) in [6, 6.07) is 6.88. The molecule has 0 atom stereocenters. The molecule has 1 heterocycles. The van der Waals surface area contributed by atoms with Crippen LogP contribution in [0.25, 0.3) is 0 Å². The first-order valence-corrected chi connectivity index (χ1v) is 9.59. The fraction of sp³-hybridized carbons (Fsp3) is 0.500. The zero-order chi connectivity index (χ0) is 17.7. The van der Waals surface area contributed by atoms with Crippen LogP contribution in [0.4, 0.5) is 11.4 Å². The van der Waals surface area contributed by atoms with Crippen molar-refractivity contribution in [1.29, 1.82) is 0 Å². The van der Waals surface area contributed by atoms with Gasteiger partial charge >= 0.3 is 0 Å². The number of hydrogen-bond acceptors (Lipinski definition) is 4. The monoisotopic (exact) mass is 353 g/mol. The van der Waals surface area contributed by atoms with E-state index < -0.39 is 10.0 Å². The highest BCUT2D eigenvalue weighted by Crippen LogP contribution is 2.22. The van der Waals surface area contributed by atoms with Crippen molar-refractivity contribution in [2.45, 2.75) is 26.7 Å². The Morgan fingerprint density at radius 1 is 1.08 bits per heavy atom. The Bertz CT molecular complexity index is 693. The molecule has 0 unspecified atom stereocenters. The third kappa shape index (κ3) is 4.78. The van der Waals surface area contributed by atoms with Gasteiger partial charge in [0, 0.05) is 37.3 Å². The number of piperidine rings is 1. The van der Waals surface area contributed by atoms with E-state index in [4.69, 9.17) is 0 Å². The number of carbonyl (C=O) groups excluding carboxylic acids is 2. The highest BCUT2D eigenvalue weighted by molar-refractivity contribution is 7.89. The molecule has 0 saturated carbocycles. The molecule has 1 aromatic rings. The number of sulfonamides is 1. The lowest BCUT2D eigenvalue weighted by molar-refractivity contribution is -0.121. The molecular weight excluding hydrogens is 330 g/mol. The van der Waals surface area contributed by atoms with Gasteiger partial charge in [0.05, 0.1) is 5.75 Å². The van der Waals surface area contributed by atoms with Crippen LogP contribution in [-0.4, -0.2) is 43.4 Å². The molecule has 0 bridgehead atoms. The smallest absolute Gasteiger partial charge is 0.227 e. The third-order valence-electron chi connectivity index (χ3n) is 4.06. The van der Waals surface area contributed by atoms with Crippen molar-refractivity contribution in [2.24, 2.45) is 5.92 Å². The molecule has 24 heavy (non-hydrogen) atoms.